The number of aromatic nitrogens is 3. The monoisotopic (exact) mass is 376 g/mol. The third kappa shape index (κ3) is 3.98. The van der Waals surface area contributed by atoms with Crippen LogP contribution in [0, 0.1) is 6.92 Å². The van der Waals surface area contributed by atoms with E-state index in [-0.39, 0.29) is 11.7 Å². The van der Waals surface area contributed by atoms with Crippen LogP contribution in [-0.2, 0) is 17.8 Å². The van der Waals surface area contributed by atoms with Crippen LogP contribution in [0.1, 0.15) is 28.4 Å². The van der Waals surface area contributed by atoms with Gasteiger partial charge in [0, 0.05) is 36.3 Å². The van der Waals surface area contributed by atoms with E-state index in [0.29, 0.717) is 11.5 Å². The van der Waals surface area contributed by atoms with E-state index in [4.69, 9.17) is 4.74 Å². The predicted molar refractivity (Wildman–Crippen MR) is 99.3 cm³/mol. The van der Waals surface area contributed by atoms with E-state index in [1.54, 1.807) is 11.3 Å². The van der Waals surface area contributed by atoms with Gasteiger partial charge >= 0.3 is 0 Å². The topological polar surface area (TPSA) is 59.7 Å². The molecule has 0 saturated carbocycles. The van der Waals surface area contributed by atoms with Crippen LogP contribution in [0.5, 0.6) is 0 Å². The fourth-order valence-electron chi connectivity index (χ4n) is 3.10. The largest absolute Gasteiger partial charge is 0.377 e. The summed E-state index contributed by atoms with van der Waals surface area (Å²) >= 11 is 3.25. The van der Waals surface area contributed by atoms with Gasteiger partial charge in [-0.05, 0) is 31.2 Å². The molecule has 132 valence electrons. The summed E-state index contributed by atoms with van der Waals surface area (Å²) < 4.78 is 7.22. The number of hydrogen-bond donors (Lipinski definition) is 0. The molecule has 1 atom stereocenters. The first-order chi connectivity index (χ1) is 12.2. The van der Waals surface area contributed by atoms with E-state index in [9.17, 15) is 4.79 Å². The highest BCUT2D eigenvalue weighted by molar-refractivity contribution is 7.16. The minimum atomic E-state index is -0.117. The van der Waals surface area contributed by atoms with Crippen LogP contribution in [0.15, 0.2) is 28.4 Å². The molecule has 0 spiro atoms. The van der Waals surface area contributed by atoms with E-state index in [1.807, 2.05) is 6.92 Å². The van der Waals surface area contributed by atoms with Gasteiger partial charge < -0.3 is 4.74 Å². The zero-order chi connectivity index (χ0) is 17.2. The Morgan fingerprint density at radius 2 is 2.36 bits per heavy atom. The number of thiophene rings is 1. The molecular weight excluding hydrogens is 356 g/mol. The number of aryl methyl sites for hydroxylation is 1. The van der Waals surface area contributed by atoms with Gasteiger partial charge in [0.1, 0.15) is 5.01 Å². The molecule has 0 radical (unpaired) electrons. The molecule has 0 N–H and O–H groups in total. The molecule has 1 aliphatic rings. The van der Waals surface area contributed by atoms with Crippen molar-refractivity contribution in [3.05, 3.63) is 49.5 Å². The van der Waals surface area contributed by atoms with Gasteiger partial charge in [0.2, 0.25) is 4.96 Å². The number of hydrogen-bond acceptors (Lipinski definition) is 7. The maximum atomic E-state index is 12.1. The Bertz CT molecular complexity index is 897. The maximum absolute atomic E-state index is 12.1. The predicted octanol–water partition coefficient (Wildman–Crippen LogP) is 2.70. The van der Waals surface area contributed by atoms with Crippen LogP contribution in [0.25, 0.3) is 4.96 Å². The quantitative estimate of drug-likeness (QED) is 0.662. The van der Waals surface area contributed by atoms with E-state index in [2.05, 4.69) is 32.5 Å². The van der Waals surface area contributed by atoms with Gasteiger partial charge in [-0.1, -0.05) is 17.4 Å². The van der Waals surface area contributed by atoms with Gasteiger partial charge in [-0.3, -0.25) is 9.69 Å². The third-order valence-corrected chi connectivity index (χ3v) is 5.97. The van der Waals surface area contributed by atoms with Crippen molar-refractivity contribution in [1.82, 2.24) is 19.5 Å². The third-order valence-electron chi connectivity index (χ3n) is 4.22. The summed E-state index contributed by atoms with van der Waals surface area (Å²) in [7, 11) is 0. The minimum Gasteiger partial charge on any atom is -0.377 e. The Kier molecular flexibility index (Phi) is 4.93. The molecule has 0 bridgehead atoms. The van der Waals surface area contributed by atoms with Crippen LogP contribution < -0.4 is 5.56 Å². The molecule has 25 heavy (non-hydrogen) atoms. The van der Waals surface area contributed by atoms with Crippen LogP contribution in [0.3, 0.4) is 0 Å². The van der Waals surface area contributed by atoms with Crippen molar-refractivity contribution in [1.29, 1.82) is 0 Å². The van der Waals surface area contributed by atoms with Crippen molar-refractivity contribution in [3.63, 3.8) is 0 Å². The highest BCUT2D eigenvalue weighted by Crippen LogP contribution is 2.20. The lowest BCUT2D eigenvalue weighted by Crippen LogP contribution is -2.31. The van der Waals surface area contributed by atoms with Crippen LogP contribution >= 0.6 is 22.7 Å². The molecule has 0 amide bonds. The molecule has 1 saturated heterocycles. The standard InChI is InChI=1S/C17H20N4O2S2/c1-12-8-16(22)21-17(18-12)25-15(19-21)11-20(9-13-4-2-6-23-13)10-14-5-3-7-24-14/h3,5,7-8,13H,2,4,6,9-11H2,1H3. The summed E-state index contributed by atoms with van der Waals surface area (Å²) in [5, 5.41) is 7.49. The molecular formula is C17H20N4O2S2. The zero-order valence-electron chi connectivity index (χ0n) is 14.1. The normalized spacial score (nSPS) is 17.8. The van der Waals surface area contributed by atoms with E-state index < -0.39 is 0 Å². The lowest BCUT2D eigenvalue weighted by Gasteiger charge is -2.23. The highest BCUT2D eigenvalue weighted by atomic mass is 32.1. The van der Waals surface area contributed by atoms with Crippen molar-refractivity contribution in [2.75, 3.05) is 13.2 Å². The Morgan fingerprint density at radius 3 is 3.12 bits per heavy atom. The lowest BCUT2D eigenvalue weighted by molar-refractivity contribution is 0.0681. The first-order valence-corrected chi connectivity index (χ1v) is 10.1. The first-order valence-electron chi connectivity index (χ1n) is 8.40. The summed E-state index contributed by atoms with van der Waals surface area (Å²) in [6, 6.07) is 5.75. The second-order valence-corrected chi connectivity index (χ2v) is 8.38. The summed E-state index contributed by atoms with van der Waals surface area (Å²) in [5.41, 5.74) is 0.615. The molecule has 4 rings (SSSR count). The van der Waals surface area contributed by atoms with Crippen molar-refractivity contribution in [2.24, 2.45) is 0 Å². The van der Waals surface area contributed by atoms with Gasteiger partial charge in [0.15, 0.2) is 0 Å². The summed E-state index contributed by atoms with van der Waals surface area (Å²) in [5.74, 6) is 0. The summed E-state index contributed by atoms with van der Waals surface area (Å²) in [6.45, 7) is 5.15. The molecule has 0 aliphatic carbocycles. The molecule has 1 aliphatic heterocycles. The first kappa shape index (κ1) is 16.8. The smallest absolute Gasteiger partial charge is 0.275 e. The second kappa shape index (κ2) is 7.33. The number of rotatable bonds is 6. The maximum Gasteiger partial charge on any atom is 0.275 e. The van der Waals surface area contributed by atoms with Gasteiger partial charge in [-0.15, -0.1) is 11.3 Å². The van der Waals surface area contributed by atoms with Crippen molar-refractivity contribution in [2.45, 2.75) is 39.0 Å². The molecule has 6 nitrogen and oxygen atoms in total. The van der Waals surface area contributed by atoms with Crippen molar-refractivity contribution < 1.29 is 4.74 Å². The second-order valence-electron chi connectivity index (χ2n) is 6.31. The van der Waals surface area contributed by atoms with E-state index in [0.717, 1.165) is 43.2 Å². The molecule has 3 aromatic heterocycles. The lowest BCUT2D eigenvalue weighted by atomic mass is 10.2. The molecule has 8 heteroatoms. The van der Waals surface area contributed by atoms with E-state index in [1.165, 1.54) is 26.8 Å². The fourth-order valence-corrected chi connectivity index (χ4v) is 4.83. The number of ether oxygens (including phenoxy) is 1. The van der Waals surface area contributed by atoms with Crippen LogP contribution in [-0.4, -0.2) is 38.8 Å². The SMILES string of the molecule is Cc1cc(=O)n2nc(CN(Cc3cccs3)CC3CCCO3)sc2n1. The Balaban J connectivity index is 1.56. The number of fused-ring (bicyclic) bond motifs is 1. The van der Waals surface area contributed by atoms with Crippen molar-refractivity contribution in [3.8, 4) is 0 Å². The zero-order valence-corrected chi connectivity index (χ0v) is 15.7. The summed E-state index contributed by atoms with van der Waals surface area (Å²) in [6.07, 6.45) is 2.54. The van der Waals surface area contributed by atoms with Gasteiger partial charge in [-0.2, -0.15) is 9.61 Å². The Labute approximate surface area is 153 Å². The molecule has 3 aromatic rings. The molecule has 0 aromatic carbocycles. The molecule has 1 unspecified atom stereocenters. The van der Waals surface area contributed by atoms with Crippen LogP contribution in [0.2, 0.25) is 0 Å². The molecule has 4 heterocycles. The average Bonchev–Trinajstić information content (AvgIpc) is 3.29. The molecule has 1 fully saturated rings. The summed E-state index contributed by atoms with van der Waals surface area (Å²) in [4.78, 5) is 20.8. The highest BCUT2D eigenvalue weighted by Gasteiger charge is 2.21. The van der Waals surface area contributed by atoms with Gasteiger partial charge in [0.25, 0.3) is 5.56 Å². The van der Waals surface area contributed by atoms with Crippen LogP contribution in [0.4, 0.5) is 0 Å². The fraction of sp³-hybridized carbons (Fsp3) is 0.471. The van der Waals surface area contributed by atoms with Crippen molar-refractivity contribution >= 4 is 27.6 Å². The van der Waals surface area contributed by atoms with Gasteiger partial charge in [-0.25, -0.2) is 4.98 Å². The van der Waals surface area contributed by atoms with Gasteiger partial charge in [0.05, 0.1) is 12.6 Å². The van der Waals surface area contributed by atoms with E-state index >= 15 is 0 Å². The average molecular weight is 377 g/mol. The Hall–Kier alpha value is -1.61. The number of nitrogens with zero attached hydrogens (tertiary/aromatic N) is 4. The Morgan fingerprint density at radius 1 is 1.44 bits per heavy atom. The minimum absolute atomic E-state index is 0.117.